The van der Waals surface area contributed by atoms with Crippen molar-refractivity contribution in [2.75, 3.05) is 7.11 Å². The zero-order valence-electron chi connectivity index (χ0n) is 13.9. The van der Waals surface area contributed by atoms with Crippen molar-refractivity contribution in [2.24, 2.45) is 11.1 Å². The minimum Gasteiger partial charge on any atom is -0.497 e. The first-order valence-corrected chi connectivity index (χ1v) is 7.74. The molecule has 2 N–H and O–H groups in total. The van der Waals surface area contributed by atoms with Crippen molar-refractivity contribution in [1.82, 2.24) is 0 Å². The normalized spacial score (nSPS) is 18.1. The molecule has 0 bridgehead atoms. The summed E-state index contributed by atoms with van der Waals surface area (Å²) in [5.74, 6) is 0.292. The molecule has 24 heavy (non-hydrogen) atoms. The summed E-state index contributed by atoms with van der Waals surface area (Å²) in [6.07, 6.45) is -0.460. The lowest BCUT2D eigenvalue weighted by Gasteiger charge is -2.26. The first kappa shape index (κ1) is 16.3. The van der Waals surface area contributed by atoms with E-state index in [-0.39, 0.29) is 11.2 Å². The number of amides is 1. The summed E-state index contributed by atoms with van der Waals surface area (Å²) < 4.78 is 24.7. The number of hydrogen-bond donors (Lipinski definition) is 1. The van der Waals surface area contributed by atoms with Gasteiger partial charge in [0.2, 0.25) is 0 Å². The molecule has 1 aliphatic rings. The molecule has 3 rings (SSSR count). The lowest BCUT2D eigenvalue weighted by molar-refractivity contribution is 0.0392. The third-order valence-electron chi connectivity index (χ3n) is 4.50. The summed E-state index contributed by atoms with van der Waals surface area (Å²) in [6.45, 7) is 4.04. The maximum atomic E-state index is 14.2. The Balaban J connectivity index is 2.04. The van der Waals surface area contributed by atoms with E-state index in [0.29, 0.717) is 11.3 Å². The van der Waals surface area contributed by atoms with E-state index in [1.54, 1.807) is 19.2 Å². The molecule has 0 heterocycles. The lowest BCUT2D eigenvalue weighted by atomic mass is 9.87. The van der Waals surface area contributed by atoms with E-state index in [2.05, 4.69) is 0 Å². The highest BCUT2D eigenvalue weighted by Gasteiger charge is 2.41. The predicted octanol–water partition coefficient (Wildman–Crippen LogP) is 4.22. The Kier molecular flexibility index (Phi) is 3.95. The molecular formula is C19H20FNO3. The molecule has 0 saturated carbocycles. The molecule has 4 nitrogen and oxygen atoms in total. The fourth-order valence-corrected chi connectivity index (χ4v) is 3.38. The molecule has 5 heteroatoms. The van der Waals surface area contributed by atoms with E-state index in [4.69, 9.17) is 15.2 Å². The van der Waals surface area contributed by atoms with Gasteiger partial charge in [0, 0.05) is 11.0 Å². The van der Waals surface area contributed by atoms with E-state index in [1.807, 2.05) is 32.0 Å². The smallest absolute Gasteiger partial charge is 0.405 e. The highest BCUT2D eigenvalue weighted by atomic mass is 19.1. The molecule has 0 spiro atoms. The van der Waals surface area contributed by atoms with Crippen molar-refractivity contribution >= 4 is 6.09 Å². The number of methoxy groups -OCH3 is 1. The number of hydrogen-bond acceptors (Lipinski definition) is 3. The van der Waals surface area contributed by atoms with Crippen LogP contribution in [-0.4, -0.2) is 13.2 Å². The Hall–Kier alpha value is -2.56. The molecule has 0 aliphatic heterocycles. The van der Waals surface area contributed by atoms with Crippen LogP contribution in [0.3, 0.4) is 0 Å². The van der Waals surface area contributed by atoms with E-state index in [1.165, 1.54) is 6.07 Å². The molecule has 2 aromatic carbocycles. The van der Waals surface area contributed by atoms with Crippen LogP contribution in [0.15, 0.2) is 36.4 Å². The third-order valence-corrected chi connectivity index (χ3v) is 4.50. The van der Waals surface area contributed by atoms with E-state index in [0.717, 1.165) is 23.1 Å². The van der Waals surface area contributed by atoms with Gasteiger partial charge in [-0.15, -0.1) is 0 Å². The summed E-state index contributed by atoms with van der Waals surface area (Å²) in [5.41, 5.74) is 8.14. The van der Waals surface area contributed by atoms with E-state index in [9.17, 15) is 9.18 Å². The molecule has 126 valence electrons. The first-order chi connectivity index (χ1) is 11.3. The first-order valence-electron chi connectivity index (χ1n) is 7.74. The van der Waals surface area contributed by atoms with Crippen molar-refractivity contribution in [1.29, 1.82) is 0 Å². The van der Waals surface area contributed by atoms with Gasteiger partial charge in [0.1, 0.15) is 17.7 Å². The van der Waals surface area contributed by atoms with Gasteiger partial charge in [-0.25, -0.2) is 9.18 Å². The number of carbonyl (C=O) groups is 1. The molecule has 1 aliphatic carbocycles. The Bertz CT molecular complexity index is 801. The van der Waals surface area contributed by atoms with Gasteiger partial charge in [-0.3, -0.25) is 0 Å². The summed E-state index contributed by atoms with van der Waals surface area (Å²) in [7, 11) is 1.55. The molecule has 0 aromatic heterocycles. The fraction of sp³-hybridized carbons (Fsp3) is 0.316. The standard InChI is InChI=1S/C19H20FNO3/c1-19(2)10-12-8-11(4-6-14(12)17(19)24-18(21)22)15-9-13(23-3)5-7-16(15)20/h4-9,17H,10H2,1-3H3,(H2,21,22). The molecular weight excluding hydrogens is 309 g/mol. The van der Waals surface area contributed by atoms with Crippen LogP contribution in [0.4, 0.5) is 9.18 Å². The molecule has 2 aromatic rings. The minimum atomic E-state index is -0.788. The van der Waals surface area contributed by atoms with Gasteiger partial charge in [-0.2, -0.15) is 0 Å². The van der Waals surface area contributed by atoms with Crippen LogP contribution < -0.4 is 10.5 Å². The van der Waals surface area contributed by atoms with Crippen LogP contribution in [0.2, 0.25) is 0 Å². The lowest BCUT2D eigenvalue weighted by Crippen LogP contribution is -2.25. The van der Waals surface area contributed by atoms with Crippen molar-refractivity contribution in [3.8, 4) is 16.9 Å². The Morgan fingerprint density at radius 1 is 1.25 bits per heavy atom. The van der Waals surface area contributed by atoms with Crippen molar-refractivity contribution in [3.05, 3.63) is 53.3 Å². The highest BCUT2D eigenvalue weighted by molar-refractivity contribution is 5.69. The quantitative estimate of drug-likeness (QED) is 0.917. The number of ether oxygens (including phenoxy) is 2. The Labute approximate surface area is 140 Å². The second kappa shape index (κ2) is 5.82. The third kappa shape index (κ3) is 2.82. The minimum absolute atomic E-state index is 0.261. The van der Waals surface area contributed by atoms with Gasteiger partial charge in [0.25, 0.3) is 0 Å². The van der Waals surface area contributed by atoms with Crippen molar-refractivity contribution < 1.29 is 18.7 Å². The summed E-state index contributed by atoms with van der Waals surface area (Å²) in [4.78, 5) is 11.2. The Morgan fingerprint density at radius 2 is 2.00 bits per heavy atom. The number of benzene rings is 2. The number of carbonyl (C=O) groups excluding carboxylic acids is 1. The van der Waals surface area contributed by atoms with Crippen LogP contribution in [0.1, 0.15) is 31.1 Å². The zero-order chi connectivity index (χ0) is 17.5. The van der Waals surface area contributed by atoms with E-state index >= 15 is 0 Å². The van der Waals surface area contributed by atoms with E-state index < -0.39 is 12.2 Å². The van der Waals surface area contributed by atoms with Crippen LogP contribution in [-0.2, 0) is 11.2 Å². The average molecular weight is 329 g/mol. The maximum Gasteiger partial charge on any atom is 0.405 e. The summed E-state index contributed by atoms with van der Waals surface area (Å²) in [5, 5.41) is 0. The molecule has 1 unspecified atom stereocenters. The van der Waals surface area contributed by atoms with Gasteiger partial charge in [-0.05, 0) is 41.3 Å². The van der Waals surface area contributed by atoms with Gasteiger partial charge in [0.15, 0.2) is 0 Å². The van der Waals surface area contributed by atoms with Crippen LogP contribution in [0.25, 0.3) is 11.1 Å². The fourth-order valence-electron chi connectivity index (χ4n) is 3.38. The van der Waals surface area contributed by atoms with Gasteiger partial charge < -0.3 is 15.2 Å². The average Bonchev–Trinajstić information content (AvgIpc) is 2.77. The molecule has 1 amide bonds. The Morgan fingerprint density at radius 3 is 2.67 bits per heavy atom. The zero-order valence-corrected chi connectivity index (χ0v) is 13.9. The molecule has 0 radical (unpaired) electrons. The van der Waals surface area contributed by atoms with Crippen LogP contribution >= 0.6 is 0 Å². The number of rotatable bonds is 3. The van der Waals surface area contributed by atoms with Gasteiger partial charge in [0.05, 0.1) is 7.11 Å². The molecule has 0 saturated heterocycles. The largest absolute Gasteiger partial charge is 0.497 e. The van der Waals surface area contributed by atoms with Crippen molar-refractivity contribution in [3.63, 3.8) is 0 Å². The van der Waals surface area contributed by atoms with Gasteiger partial charge in [-0.1, -0.05) is 32.0 Å². The number of fused-ring (bicyclic) bond motifs is 1. The summed E-state index contributed by atoms with van der Waals surface area (Å²) >= 11 is 0. The topological polar surface area (TPSA) is 61.6 Å². The predicted molar refractivity (Wildman–Crippen MR) is 89.3 cm³/mol. The number of nitrogens with two attached hydrogens (primary N) is 1. The monoisotopic (exact) mass is 329 g/mol. The molecule has 1 atom stereocenters. The van der Waals surface area contributed by atoms with Gasteiger partial charge >= 0.3 is 6.09 Å². The van der Waals surface area contributed by atoms with Crippen LogP contribution in [0.5, 0.6) is 5.75 Å². The van der Waals surface area contributed by atoms with Crippen LogP contribution in [0, 0.1) is 11.2 Å². The van der Waals surface area contributed by atoms with Crippen molar-refractivity contribution in [2.45, 2.75) is 26.4 Å². The second-order valence-corrected chi connectivity index (χ2v) is 6.74. The maximum absolute atomic E-state index is 14.2. The molecule has 0 fully saturated rings. The second-order valence-electron chi connectivity index (χ2n) is 6.74. The highest BCUT2D eigenvalue weighted by Crippen LogP contribution is 2.48. The SMILES string of the molecule is COc1ccc(F)c(-c2ccc3c(c2)CC(C)(C)C3OC(N)=O)c1. The number of halogens is 1. The number of primary amides is 1. The summed E-state index contributed by atoms with van der Waals surface area (Å²) in [6, 6.07) is 10.3.